The van der Waals surface area contributed by atoms with Gasteiger partial charge in [-0.05, 0) is 35.3 Å². The summed E-state index contributed by atoms with van der Waals surface area (Å²) in [7, 11) is 0. The number of carbonyl (C=O) groups excluding carboxylic acids is 5. The van der Waals surface area contributed by atoms with E-state index in [2.05, 4.69) is 46.0 Å². The van der Waals surface area contributed by atoms with Gasteiger partial charge in [-0.15, -0.1) is 0 Å². The van der Waals surface area contributed by atoms with Crippen LogP contribution in [-0.2, 0) is 32.3 Å². The van der Waals surface area contributed by atoms with Gasteiger partial charge in [0.15, 0.2) is 0 Å². The van der Waals surface area contributed by atoms with Crippen molar-refractivity contribution in [1.29, 1.82) is 0 Å². The van der Waals surface area contributed by atoms with Crippen molar-refractivity contribution < 1.29 is 33.9 Å². The second-order valence-corrected chi connectivity index (χ2v) is 10.7. The van der Waals surface area contributed by atoms with Gasteiger partial charge in [-0.3, -0.25) is 38.7 Å². The lowest BCUT2D eigenvalue weighted by Crippen LogP contribution is -2.40. The summed E-state index contributed by atoms with van der Waals surface area (Å²) in [5.41, 5.74) is 33.6. The van der Waals surface area contributed by atoms with Crippen LogP contribution in [0.15, 0.2) is 46.9 Å². The number of aromatic nitrogens is 2. The third kappa shape index (κ3) is 18.2. The van der Waals surface area contributed by atoms with Crippen LogP contribution < -0.4 is 33.2 Å². The Morgan fingerprint density at radius 2 is 1.12 bits per heavy atom. The average Bonchev–Trinajstić information content (AvgIpc) is 3.13. The number of nitrogens with zero attached hydrogens (tertiary/aromatic N) is 8. The van der Waals surface area contributed by atoms with E-state index in [1.54, 1.807) is 38.1 Å². The molecule has 4 unspecified atom stereocenters. The first kappa shape index (κ1) is 44.7. The molecule has 0 aliphatic carbocycles. The Morgan fingerprint density at radius 1 is 0.706 bits per heavy atom. The number of azide groups is 2. The van der Waals surface area contributed by atoms with Crippen LogP contribution >= 0.6 is 0 Å². The quantitative estimate of drug-likeness (QED) is 0.0525. The smallest absolute Gasteiger partial charge is 0.307 e. The van der Waals surface area contributed by atoms with Gasteiger partial charge in [-0.25, -0.2) is 0 Å². The molecular weight excluding hydrogens is 668 g/mol. The number of nitrogens with two attached hydrogens (primary N) is 3. The van der Waals surface area contributed by atoms with Crippen molar-refractivity contribution in [3.05, 3.63) is 80.1 Å². The Labute approximate surface area is 293 Å². The molecule has 0 radical (unpaired) electrons. The van der Waals surface area contributed by atoms with Gasteiger partial charge in [-0.2, -0.15) is 0 Å². The predicted octanol–water partition coefficient (Wildman–Crippen LogP) is 0.904. The van der Waals surface area contributed by atoms with E-state index in [1.807, 2.05) is 0 Å². The molecule has 0 aliphatic heterocycles. The van der Waals surface area contributed by atoms with Crippen molar-refractivity contribution in [2.45, 2.75) is 40.8 Å². The summed E-state index contributed by atoms with van der Waals surface area (Å²) >= 11 is 0. The molecule has 21 nitrogen and oxygen atoms in total. The first-order valence-electron chi connectivity index (χ1n) is 15.4. The van der Waals surface area contributed by atoms with Gasteiger partial charge in [-0.1, -0.05) is 37.9 Å². The second kappa shape index (κ2) is 24.8. The molecule has 276 valence electrons. The number of aliphatic carboxylic acids is 1. The van der Waals surface area contributed by atoms with Crippen LogP contribution in [0.2, 0.25) is 0 Å². The van der Waals surface area contributed by atoms with Gasteiger partial charge in [0.25, 0.3) is 11.8 Å². The minimum atomic E-state index is -0.994. The van der Waals surface area contributed by atoms with Crippen molar-refractivity contribution >= 4 is 35.5 Å². The molecule has 2 aromatic rings. The van der Waals surface area contributed by atoms with E-state index < -0.39 is 41.5 Å². The monoisotopic (exact) mass is 712 g/mol. The molecule has 0 spiro atoms. The number of carboxylic acids is 1. The van der Waals surface area contributed by atoms with E-state index >= 15 is 0 Å². The summed E-state index contributed by atoms with van der Waals surface area (Å²) in [4.78, 5) is 80.2. The molecule has 21 heteroatoms. The molecule has 2 heterocycles. The largest absolute Gasteiger partial charge is 0.481 e. The minimum Gasteiger partial charge on any atom is -0.481 e. The maximum atomic E-state index is 11.9. The van der Waals surface area contributed by atoms with Gasteiger partial charge in [0.05, 0.1) is 30.1 Å². The van der Waals surface area contributed by atoms with Gasteiger partial charge < -0.3 is 38.3 Å². The molecule has 5 amide bonds. The van der Waals surface area contributed by atoms with Gasteiger partial charge >= 0.3 is 5.97 Å². The first-order chi connectivity index (χ1) is 24.1. The van der Waals surface area contributed by atoms with E-state index in [0.717, 1.165) is 0 Å². The number of carboxylic acid groups (broad SMARTS) is 1. The number of pyridine rings is 2. The van der Waals surface area contributed by atoms with Crippen LogP contribution in [0.3, 0.4) is 0 Å². The fourth-order valence-corrected chi connectivity index (χ4v) is 3.36. The van der Waals surface area contributed by atoms with Crippen LogP contribution in [0.25, 0.3) is 20.9 Å². The number of nitrogens with one attached hydrogen (secondary N) is 3. The molecule has 4 atom stereocenters. The van der Waals surface area contributed by atoms with Gasteiger partial charge in [0.1, 0.15) is 0 Å². The zero-order valence-electron chi connectivity index (χ0n) is 28.7. The molecule has 0 aromatic carbocycles. The minimum absolute atomic E-state index is 0.117. The van der Waals surface area contributed by atoms with Crippen molar-refractivity contribution in [3.63, 3.8) is 0 Å². The van der Waals surface area contributed by atoms with Gasteiger partial charge in [0, 0.05) is 77.5 Å². The number of primary amides is 2. The summed E-state index contributed by atoms with van der Waals surface area (Å²) in [6, 6.07) is 6.44. The summed E-state index contributed by atoms with van der Waals surface area (Å²) in [5.74, 6) is -5.36. The molecule has 51 heavy (non-hydrogen) atoms. The zero-order chi connectivity index (χ0) is 38.9. The number of hydrogen-bond donors (Lipinski definition) is 7. The Bertz CT molecular complexity index is 1540. The fraction of sp³-hybridized carbons (Fsp3) is 0.467. The highest BCUT2D eigenvalue weighted by atomic mass is 16.4. The van der Waals surface area contributed by atoms with Crippen molar-refractivity contribution in [1.82, 2.24) is 25.9 Å². The van der Waals surface area contributed by atoms with Crippen LogP contribution in [0.5, 0.6) is 0 Å². The highest BCUT2D eigenvalue weighted by Crippen LogP contribution is 2.10. The Kier molecular flexibility index (Phi) is 21.7. The number of amides is 5. The molecule has 0 bridgehead atoms. The van der Waals surface area contributed by atoms with E-state index in [-0.39, 0.29) is 43.9 Å². The van der Waals surface area contributed by atoms with Crippen LogP contribution in [0.4, 0.5) is 0 Å². The van der Waals surface area contributed by atoms with Crippen LogP contribution in [-0.4, -0.2) is 76.8 Å². The third-order valence-corrected chi connectivity index (χ3v) is 7.11. The Hall–Kier alpha value is -6.30. The highest BCUT2D eigenvalue weighted by Gasteiger charge is 2.24. The first-order valence-corrected chi connectivity index (χ1v) is 15.4. The summed E-state index contributed by atoms with van der Waals surface area (Å²) in [6.07, 6.45) is 2.82. The summed E-state index contributed by atoms with van der Waals surface area (Å²) in [5, 5.41) is 23.0. The molecule has 2 rings (SSSR count). The predicted molar refractivity (Wildman–Crippen MR) is 184 cm³/mol. The SMILES string of the molecule is CC(C(N)=O)C(C)C(=O)NCCNC(=O)c1ccc(CN=[N+]=[N-])nc1.CC(C(N)=O)C(C)C(=O)O.[N-]=[N+]=NCc1ccc(C(=O)NCCN)cn1. The average molecular weight is 713 g/mol. The molecule has 0 saturated heterocycles. The Morgan fingerprint density at radius 3 is 1.45 bits per heavy atom. The van der Waals surface area contributed by atoms with Crippen molar-refractivity contribution in [2.75, 3.05) is 26.2 Å². The lowest BCUT2D eigenvalue weighted by Gasteiger charge is -2.16. The lowest BCUT2D eigenvalue weighted by molar-refractivity contribution is -0.145. The second-order valence-electron chi connectivity index (χ2n) is 10.7. The maximum Gasteiger partial charge on any atom is 0.307 e. The molecule has 10 N–H and O–H groups in total. The number of carbonyl (C=O) groups is 6. The topological polar surface area (TPSA) is 360 Å². The Balaban J connectivity index is 0.000000819. The standard InChI is InChI=1S/C15H21N7O3.C9H12N6O.C6H11NO3/c1-9(13(16)23)10(2)14(24)18-5-6-19-15(25)11-3-4-12(20-7-11)8-21-22-17;10-3-4-12-9(16)7-1-2-8(13-5-7)6-14-15-11;1-3(5(7)8)4(2)6(9)10/h3-4,7,9-10H,5-6,8H2,1-2H3,(H2,16,23)(H,18,24)(H,19,25);1-2,5H,3-4,6,10H2,(H,12,16);3-4H,1-2H3,(H2,7,8)(H,9,10). The van der Waals surface area contributed by atoms with E-state index in [9.17, 15) is 28.8 Å². The van der Waals surface area contributed by atoms with E-state index in [0.29, 0.717) is 35.6 Å². The lowest BCUT2D eigenvalue weighted by atomic mass is 9.94. The van der Waals surface area contributed by atoms with Crippen molar-refractivity contribution in [3.8, 4) is 0 Å². The van der Waals surface area contributed by atoms with Gasteiger partial charge in [0.2, 0.25) is 17.7 Å². The summed E-state index contributed by atoms with van der Waals surface area (Å²) < 4.78 is 0. The molecular formula is C30H44N14O7. The van der Waals surface area contributed by atoms with E-state index in [1.165, 1.54) is 26.2 Å². The maximum absolute atomic E-state index is 11.9. The third-order valence-electron chi connectivity index (χ3n) is 7.11. The van der Waals surface area contributed by atoms with Crippen molar-refractivity contribution in [2.24, 2.45) is 51.1 Å². The van der Waals surface area contributed by atoms with Crippen LogP contribution in [0.1, 0.15) is 59.8 Å². The van der Waals surface area contributed by atoms with E-state index in [4.69, 9.17) is 33.4 Å². The van der Waals surface area contributed by atoms with Crippen LogP contribution in [0, 0.1) is 23.7 Å². The molecule has 0 saturated carbocycles. The molecule has 2 aromatic heterocycles. The fourth-order valence-electron chi connectivity index (χ4n) is 3.36. The normalized spacial score (nSPS) is 12.1. The highest BCUT2D eigenvalue weighted by molar-refractivity contribution is 5.94. The molecule has 0 aliphatic rings. The summed E-state index contributed by atoms with van der Waals surface area (Å²) in [6.45, 7) is 7.74. The number of rotatable bonds is 17. The molecule has 0 fully saturated rings. The number of hydrogen-bond acceptors (Lipinski definition) is 11. The zero-order valence-corrected chi connectivity index (χ0v) is 28.7.